The average Bonchev–Trinajstić information content (AvgIpc) is 2.37. The van der Waals surface area contributed by atoms with Crippen LogP contribution in [0.5, 0.6) is 0 Å². The van der Waals surface area contributed by atoms with Gasteiger partial charge in [0, 0.05) is 0 Å². The SMILES string of the molecule is [2H]OC(=O)c1ccc(CC(C)C)c(CC(C)C)c1C(=O)O. The van der Waals surface area contributed by atoms with Gasteiger partial charge in [0.15, 0.2) is 0 Å². The van der Waals surface area contributed by atoms with Crippen molar-refractivity contribution in [2.45, 2.75) is 40.5 Å². The molecule has 0 aliphatic rings. The number of benzene rings is 1. The Morgan fingerprint density at radius 2 is 1.70 bits per heavy atom. The fourth-order valence-electron chi connectivity index (χ4n) is 2.38. The molecule has 4 nitrogen and oxygen atoms in total. The van der Waals surface area contributed by atoms with Gasteiger partial charge in [0.1, 0.15) is 0 Å². The molecule has 110 valence electrons. The van der Waals surface area contributed by atoms with Gasteiger partial charge in [-0.05, 0) is 41.9 Å². The molecule has 1 aromatic rings. The van der Waals surface area contributed by atoms with Crippen molar-refractivity contribution < 1.29 is 19.8 Å². The van der Waals surface area contributed by atoms with Crippen molar-refractivity contribution in [2.24, 2.45) is 11.8 Å². The first-order valence-corrected chi connectivity index (χ1v) is 6.83. The van der Waals surface area contributed by atoms with Crippen LogP contribution in [0.15, 0.2) is 12.1 Å². The maximum Gasteiger partial charge on any atom is 0.336 e. The van der Waals surface area contributed by atoms with E-state index in [0.717, 1.165) is 12.0 Å². The largest absolute Gasteiger partial charge is 0.478 e. The lowest BCUT2D eigenvalue weighted by molar-refractivity contribution is 0.0650. The molecule has 0 saturated heterocycles. The molecule has 0 amide bonds. The van der Waals surface area contributed by atoms with E-state index in [2.05, 4.69) is 19.0 Å². The minimum absolute atomic E-state index is 0.0286. The molecule has 0 fully saturated rings. The summed E-state index contributed by atoms with van der Waals surface area (Å²) in [6.07, 6.45) is 1.32. The molecular weight excluding hydrogens is 256 g/mol. The summed E-state index contributed by atoms with van der Waals surface area (Å²) in [5, 5.41) is 13.4. The van der Waals surface area contributed by atoms with Crippen molar-refractivity contribution in [1.82, 2.24) is 0 Å². The molecule has 0 bridgehead atoms. The summed E-state index contributed by atoms with van der Waals surface area (Å²) in [6.45, 7) is 8.12. The van der Waals surface area contributed by atoms with Crippen molar-refractivity contribution in [3.05, 3.63) is 34.4 Å². The predicted molar refractivity (Wildman–Crippen MR) is 77.4 cm³/mol. The third-order valence-electron chi connectivity index (χ3n) is 3.08. The van der Waals surface area contributed by atoms with Gasteiger partial charge in [-0.3, -0.25) is 0 Å². The predicted octanol–water partition coefficient (Wildman–Crippen LogP) is 3.48. The van der Waals surface area contributed by atoms with Gasteiger partial charge in [-0.15, -0.1) is 0 Å². The quantitative estimate of drug-likeness (QED) is 0.836. The summed E-state index contributed by atoms with van der Waals surface area (Å²) in [7, 11) is 0. The van der Waals surface area contributed by atoms with E-state index in [9.17, 15) is 14.7 Å². The summed E-state index contributed by atoms with van der Waals surface area (Å²) in [6, 6.07) is 3.22. The zero-order chi connectivity index (χ0) is 16.2. The van der Waals surface area contributed by atoms with Gasteiger partial charge in [-0.1, -0.05) is 33.8 Å². The minimum Gasteiger partial charge on any atom is -0.478 e. The van der Waals surface area contributed by atoms with E-state index in [1.54, 1.807) is 6.07 Å². The van der Waals surface area contributed by atoms with Gasteiger partial charge in [-0.2, -0.15) is 0 Å². The topological polar surface area (TPSA) is 74.6 Å². The van der Waals surface area contributed by atoms with Crippen molar-refractivity contribution >= 4 is 11.9 Å². The van der Waals surface area contributed by atoms with Gasteiger partial charge in [0.05, 0.1) is 11.1 Å². The lowest BCUT2D eigenvalue weighted by Crippen LogP contribution is -2.16. The standard InChI is InChI=1S/C16H22O4/c1-9(2)7-11-5-6-12(15(17)18)14(16(19)20)13(11)8-10(3)4/h5-6,9-10H,7-8H2,1-4H3,(H,17,18)(H,19,20)/i/hD. The number of carboxylic acids is 2. The number of hydrogen-bond acceptors (Lipinski definition) is 3. The first-order valence-electron chi connectivity index (χ1n) is 7.24. The molecule has 0 unspecified atom stereocenters. The Labute approximate surface area is 120 Å². The van der Waals surface area contributed by atoms with Crippen LogP contribution in [-0.4, -0.2) is 22.2 Å². The van der Waals surface area contributed by atoms with Gasteiger partial charge in [0.25, 0.3) is 1.43 Å². The Morgan fingerprint density at radius 1 is 1.10 bits per heavy atom. The highest BCUT2D eigenvalue weighted by atomic mass is 16.4. The number of rotatable bonds is 6. The summed E-state index contributed by atoms with van der Waals surface area (Å²) >= 11 is 0. The second-order valence-corrected chi connectivity index (χ2v) is 5.91. The third-order valence-corrected chi connectivity index (χ3v) is 3.08. The van der Waals surface area contributed by atoms with E-state index in [1.165, 1.54) is 6.07 Å². The molecule has 0 atom stereocenters. The van der Waals surface area contributed by atoms with E-state index in [4.69, 9.17) is 1.43 Å². The minimum atomic E-state index is -1.16. The molecule has 1 aromatic carbocycles. The molecule has 0 aliphatic carbocycles. The van der Waals surface area contributed by atoms with Crippen LogP contribution < -0.4 is 0 Å². The second kappa shape index (κ2) is 6.55. The monoisotopic (exact) mass is 279 g/mol. The summed E-state index contributed by atoms with van der Waals surface area (Å²) in [4.78, 5) is 23.3. The van der Waals surface area contributed by atoms with Gasteiger partial charge < -0.3 is 10.2 Å². The molecule has 0 saturated carbocycles. The Morgan fingerprint density at radius 3 is 2.15 bits per heavy atom. The van der Waals surface area contributed by atoms with Gasteiger partial charge in [-0.25, -0.2) is 9.59 Å². The fourth-order valence-corrected chi connectivity index (χ4v) is 2.38. The summed E-state index contributed by atoms with van der Waals surface area (Å²) in [5.74, 6) is -1.45. The highest BCUT2D eigenvalue weighted by Gasteiger charge is 2.23. The smallest absolute Gasteiger partial charge is 0.336 e. The molecule has 0 heterocycles. The maximum absolute atomic E-state index is 11.6. The zero-order valence-corrected chi connectivity index (χ0v) is 12.4. The zero-order valence-electron chi connectivity index (χ0n) is 13.4. The summed E-state index contributed by atoms with van der Waals surface area (Å²) in [5.41, 5.74) is 1.53. The molecular formula is C16H22O4. The van der Waals surface area contributed by atoms with E-state index in [0.29, 0.717) is 17.9 Å². The first kappa shape index (κ1) is 14.6. The molecule has 20 heavy (non-hydrogen) atoms. The van der Waals surface area contributed by atoms with Crippen LogP contribution in [0.1, 0.15) is 59.5 Å². The molecule has 0 spiro atoms. The molecule has 4 heteroatoms. The van der Waals surface area contributed by atoms with E-state index in [-0.39, 0.29) is 17.0 Å². The van der Waals surface area contributed by atoms with Crippen LogP contribution in [-0.2, 0) is 12.8 Å². The van der Waals surface area contributed by atoms with Gasteiger partial charge >= 0.3 is 11.9 Å². The highest BCUT2D eigenvalue weighted by Crippen LogP contribution is 2.25. The second-order valence-electron chi connectivity index (χ2n) is 5.91. The number of carbonyl (C=O) groups is 2. The number of hydrogen-bond donors (Lipinski definition) is 2. The van der Waals surface area contributed by atoms with Crippen molar-refractivity contribution in [2.75, 3.05) is 0 Å². The van der Waals surface area contributed by atoms with Crippen LogP contribution in [0.2, 0.25) is 0 Å². The van der Waals surface area contributed by atoms with E-state index >= 15 is 0 Å². The maximum atomic E-state index is 11.6. The Bertz CT molecular complexity index is 535. The Balaban J connectivity index is 3.53. The Kier molecular flexibility index (Phi) is 4.77. The highest BCUT2D eigenvalue weighted by molar-refractivity contribution is 6.03. The normalized spacial score (nSPS) is 11.6. The van der Waals surface area contributed by atoms with Crippen molar-refractivity contribution in [3.63, 3.8) is 0 Å². The third kappa shape index (κ3) is 3.83. The summed E-state index contributed by atoms with van der Waals surface area (Å²) < 4.78 is 6.72. The van der Waals surface area contributed by atoms with Crippen LogP contribution in [0.25, 0.3) is 1.43 Å². The molecule has 1 rings (SSSR count). The van der Waals surface area contributed by atoms with Crippen molar-refractivity contribution in [1.29, 1.82) is 1.43 Å². The number of carboxylic acid groups (broad SMARTS) is 2. The van der Waals surface area contributed by atoms with Crippen LogP contribution in [0.4, 0.5) is 0 Å². The van der Waals surface area contributed by atoms with Crippen LogP contribution >= 0.6 is 0 Å². The first-order chi connectivity index (χ1) is 9.77. The molecule has 0 aliphatic heterocycles. The van der Waals surface area contributed by atoms with Gasteiger partial charge in [0.2, 0.25) is 0 Å². The lowest BCUT2D eigenvalue weighted by atomic mass is 9.87. The lowest BCUT2D eigenvalue weighted by Gasteiger charge is -2.17. The average molecular weight is 279 g/mol. The molecule has 0 radical (unpaired) electrons. The molecule has 2 N–H and O–H groups in total. The van der Waals surface area contributed by atoms with Crippen LogP contribution in [0.3, 0.4) is 0 Å². The van der Waals surface area contributed by atoms with Crippen molar-refractivity contribution in [3.8, 4) is 0 Å². The fraction of sp³-hybridized carbons (Fsp3) is 0.500. The number of aromatic carboxylic acids is 2. The van der Waals surface area contributed by atoms with Crippen LogP contribution in [0, 0.1) is 11.8 Å². The van der Waals surface area contributed by atoms with E-state index in [1.807, 2.05) is 13.8 Å². The molecule has 0 aromatic heterocycles. The Hall–Kier alpha value is -1.84. The van der Waals surface area contributed by atoms with E-state index < -0.39 is 11.9 Å².